The van der Waals surface area contributed by atoms with E-state index in [1.165, 1.54) is 0 Å². The van der Waals surface area contributed by atoms with Gasteiger partial charge in [-0.05, 0) is 34.5 Å². The molecule has 2 aromatic heterocycles. The number of hydrogen-bond donors (Lipinski definition) is 1. The number of carbonyl (C=O) groups excluding carboxylic acids is 1. The van der Waals surface area contributed by atoms with E-state index in [4.69, 9.17) is 5.73 Å². The zero-order chi connectivity index (χ0) is 14.0. The number of aryl methyl sites for hydroxylation is 2. The highest BCUT2D eigenvalue weighted by Crippen LogP contribution is 2.23. The van der Waals surface area contributed by atoms with E-state index in [9.17, 15) is 4.79 Å². The number of aromatic nitrogens is 3. The summed E-state index contributed by atoms with van der Waals surface area (Å²) in [4.78, 5) is 16.3. The van der Waals surface area contributed by atoms with Gasteiger partial charge in [-0.3, -0.25) is 14.5 Å². The average molecular weight is 323 g/mol. The Morgan fingerprint density at radius 2 is 2.26 bits per heavy atom. The van der Waals surface area contributed by atoms with E-state index in [-0.39, 0.29) is 12.2 Å². The van der Waals surface area contributed by atoms with Gasteiger partial charge in [-0.2, -0.15) is 5.10 Å². The summed E-state index contributed by atoms with van der Waals surface area (Å²) in [5.41, 5.74) is 8.27. The molecule has 2 rings (SSSR count). The Kier molecular flexibility index (Phi) is 3.99. The third kappa shape index (κ3) is 2.68. The van der Waals surface area contributed by atoms with Crippen LogP contribution in [-0.4, -0.2) is 20.5 Å². The number of anilines is 1. The van der Waals surface area contributed by atoms with E-state index in [0.29, 0.717) is 11.4 Å². The van der Waals surface area contributed by atoms with Crippen LogP contribution in [0.2, 0.25) is 0 Å². The SMILES string of the molecule is CCc1nn(C)c(CC(=O)c2ncccc2N)c1Br. The van der Waals surface area contributed by atoms with Crippen molar-refractivity contribution in [2.75, 3.05) is 5.73 Å². The fourth-order valence-corrected chi connectivity index (χ4v) is 2.65. The molecule has 0 spiro atoms. The summed E-state index contributed by atoms with van der Waals surface area (Å²) in [6.45, 7) is 2.02. The van der Waals surface area contributed by atoms with Crippen molar-refractivity contribution >= 4 is 27.4 Å². The van der Waals surface area contributed by atoms with Crippen molar-refractivity contribution in [1.82, 2.24) is 14.8 Å². The minimum Gasteiger partial charge on any atom is -0.397 e. The molecule has 100 valence electrons. The van der Waals surface area contributed by atoms with Gasteiger partial charge in [0.1, 0.15) is 5.69 Å². The summed E-state index contributed by atoms with van der Waals surface area (Å²) < 4.78 is 2.61. The van der Waals surface area contributed by atoms with Gasteiger partial charge in [0.15, 0.2) is 5.78 Å². The fraction of sp³-hybridized carbons (Fsp3) is 0.308. The lowest BCUT2D eigenvalue weighted by Gasteiger charge is -2.04. The van der Waals surface area contributed by atoms with E-state index in [1.54, 1.807) is 23.0 Å². The van der Waals surface area contributed by atoms with Crippen molar-refractivity contribution < 1.29 is 4.79 Å². The Morgan fingerprint density at radius 1 is 1.53 bits per heavy atom. The summed E-state index contributed by atoms with van der Waals surface area (Å²) in [7, 11) is 1.83. The second-order valence-corrected chi connectivity index (χ2v) is 5.02. The van der Waals surface area contributed by atoms with Gasteiger partial charge < -0.3 is 5.73 Å². The molecule has 0 bridgehead atoms. The summed E-state index contributed by atoms with van der Waals surface area (Å²) >= 11 is 3.49. The molecule has 2 aromatic rings. The van der Waals surface area contributed by atoms with E-state index in [0.717, 1.165) is 22.3 Å². The summed E-state index contributed by atoms with van der Waals surface area (Å²) in [5.74, 6) is -0.107. The number of pyridine rings is 1. The standard InChI is InChI=1S/C13H15BrN4O/c1-3-9-12(14)10(18(2)17-9)7-11(19)13-8(15)5-4-6-16-13/h4-6H,3,7,15H2,1-2H3. The molecule has 0 saturated carbocycles. The number of Topliss-reactive ketones (excluding diaryl/α,β-unsaturated/α-hetero) is 1. The van der Waals surface area contributed by atoms with Crippen LogP contribution in [-0.2, 0) is 19.9 Å². The maximum atomic E-state index is 12.2. The molecule has 2 heterocycles. The van der Waals surface area contributed by atoms with Gasteiger partial charge in [0.25, 0.3) is 0 Å². The quantitative estimate of drug-likeness (QED) is 0.875. The van der Waals surface area contributed by atoms with Crippen LogP contribution >= 0.6 is 15.9 Å². The molecule has 0 saturated heterocycles. The second kappa shape index (κ2) is 5.52. The minimum atomic E-state index is -0.107. The number of nitrogens with two attached hydrogens (primary N) is 1. The average Bonchev–Trinajstić information content (AvgIpc) is 2.66. The first-order chi connectivity index (χ1) is 9.04. The van der Waals surface area contributed by atoms with Gasteiger partial charge in [-0.15, -0.1) is 0 Å². The molecule has 0 aliphatic carbocycles. The number of nitrogens with zero attached hydrogens (tertiary/aromatic N) is 3. The lowest BCUT2D eigenvalue weighted by atomic mass is 10.1. The van der Waals surface area contributed by atoms with Crippen molar-refractivity contribution in [3.05, 3.63) is 39.9 Å². The van der Waals surface area contributed by atoms with Crippen molar-refractivity contribution in [3.63, 3.8) is 0 Å². The van der Waals surface area contributed by atoms with Gasteiger partial charge in [-0.25, -0.2) is 0 Å². The second-order valence-electron chi connectivity index (χ2n) is 4.23. The largest absolute Gasteiger partial charge is 0.397 e. The van der Waals surface area contributed by atoms with Gasteiger partial charge >= 0.3 is 0 Å². The first kappa shape index (κ1) is 13.7. The molecular weight excluding hydrogens is 308 g/mol. The Labute approximate surface area is 120 Å². The van der Waals surface area contributed by atoms with Crippen LogP contribution in [0.3, 0.4) is 0 Å². The Bertz CT molecular complexity index is 621. The Morgan fingerprint density at radius 3 is 2.84 bits per heavy atom. The topological polar surface area (TPSA) is 73.8 Å². The van der Waals surface area contributed by atoms with Crippen molar-refractivity contribution in [2.24, 2.45) is 7.05 Å². The molecule has 6 heteroatoms. The van der Waals surface area contributed by atoms with Crippen LogP contribution in [0, 0.1) is 0 Å². The molecule has 19 heavy (non-hydrogen) atoms. The molecule has 0 aromatic carbocycles. The third-order valence-corrected chi connectivity index (χ3v) is 3.85. The van der Waals surface area contributed by atoms with Crippen molar-refractivity contribution in [2.45, 2.75) is 19.8 Å². The molecule has 0 fully saturated rings. The molecule has 0 atom stereocenters. The highest BCUT2D eigenvalue weighted by atomic mass is 79.9. The van der Waals surface area contributed by atoms with Crippen molar-refractivity contribution in [3.8, 4) is 0 Å². The van der Waals surface area contributed by atoms with Crippen LogP contribution in [0.4, 0.5) is 5.69 Å². The predicted molar refractivity (Wildman–Crippen MR) is 77.0 cm³/mol. The molecule has 0 aliphatic heterocycles. The summed E-state index contributed by atoms with van der Waals surface area (Å²) in [5, 5.41) is 4.36. The number of halogens is 1. The molecule has 0 radical (unpaired) electrons. The number of rotatable bonds is 4. The fourth-order valence-electron chi connectivity index (χ4n) is 1.90. The number of nitrogen functional groups attached to an aromatic ring is 1. The first-order valence-electron chi connectivity index (χ1n) is 5.98. The van der Waals surface area contributed by atoms with E-state index < -0.39 is 0 Å². The predicted octanol–water partition coefficient (Wildman–Crippen LogP) is 2.15. The molecule has 2 N–H and O–H groups in total. The first-order valence-corrected chi connectivity index (χ1v) is 6.77. The molecular formula is C13H15BrN4O. The van der Waals surface area contributed by atoms with Crippen LogP contribution < -0.4 is 5.73 Å². The van der Waals surface area contributed by atoms with Crippen LogP contribution in [0.15, 0.2) is 22.8 Å². The smallest absolute Gasteiger partial charge is 0.189 e. The van der Waals surface area contributed by atoms with E-state index >= 15 is 0 Å². The monoisotopic (exact) mass is 322 g/mol. The highest BCUT2D eigenvalue weighted by molar-refractivity contribution is 9.10. The lowest BCUT2D eigenvalue weighted by molar-refractivity contribution is 0.0987. The van der Waals surface area contributed by atoms with Crippen LogP contribution in [0.25, 0.3) is 0 Å². The van der Waals surface area contributed by atoms with E-state index in [2.05, 4.69) is 26.0 Å². The molecule has 0 amide bonds. The normalized spacial score (nSPS) is 10.7. The van der Waals surface area contributed by atoms with Gasteiger partial charge in [0.05, 0.1) is 28.0 Å². The molecule has 0 unspecified atom stereocenters. The number of ketones is 1. The maximum Gasteiger partial charge on any atom is 0.189 e. The highest BCUT2D eigenvalue weighted by Gasteiger charge is 2.18. The Balaban J connectivity index is 2.30. The van der Waals surface area contributed by atoms with E-state index in [1.807, 2.05) is 14.0 Å². The summed E-state index contributed by atoms with van der Waals surface area (Å²) in [6.07, 6.45) is 2.61. The number of carbonyl (C=O) groups is 1. The zero-order valence-corrected chi connectivity index (χ0v) is 12.4. The van der Waals surface area contributed by atoms with Gasteiger partial charge in [-0.1, -0.05) is 6.92 Å². The zero-order valence-electron chi connectivity index (χ0n) is 10.9. The lowest BCUT2D eigenvalue weighted by Crippen LogP contribution is -2.12. The van der Waals surface area contributed by atoms with Gasteiger partial charge in [0, 0.05) is 13.2 Å². The van der Waals surface area contributed by atoms with Crippen LogP contribution in [0.1, 0.15) is 28.8 Å². The Hall–Kier alpha value is -1.69. The summed E-state index contributed by atoms with van der Waals surface area (Å²) in [6, 6.07) is 3.39. The minimum absolute atomic E-state index is 0.107. The maximum absolute atomic E-state index is 12.2. The van der Waals surface area contributed by atoms with Crippen molar-refractivity contribution in [1.29, 1.82) is 0 Å². The molecule has 5 nitrogen and oxygen atoms in total. The molecule has 0 aliphatic rings. The van der Waals surface area contributed by atoms with Gasteiger partial charge in [0.2, 0.25) is 0 Å². The van der Waals surface area contributed by atoms with Crippen LogP contribution in [0.5, 0.6) is 0 Å². The number of hydrogen-bond acceptors (Lipinski definition) is 4. The third-order valence-electron chi connectivity index (χ3n) is 2.93.